The fourth-order valence-electron chi connectivity index (χ4n) is 6.51. The van der Waals surface area contributed by atoms with Crippen LogP contribution in [0.25, 0.3) is 99.7 Å². The van der Waals surface area contributed by atoms with E-state index in [0.29, 0.717) is 16.7 Å². The van der Waals surface area contributed by atoms with Gasteiger partial charge in [-0.2, -0.15) is 0 Å². The highest BCUT2D eigenvalue weighted by Crippen LogP contribution is 2.44. The fraction of sp³-hybridized carbons (Fsp3) is 0. The molecule has 3 aromatic carbocycles. The molecule has 0 spiro atoms. The average molecular weight is 581 g/mol. The van der Waals surface area contributed by atoms with E-state index in [1.54, 1.807) is 6.20 Å². The molecule has 0 fully saturated rings. The molecule has 45 heavy (non-hydrogen) atoms. The number of para-hydroxylation sites is 2. The number of fused-ring (bicyclic) bond motifs is 9. The Morgan fingerprint density at radius 1 is 0.356 bits per heavy atom. The van der Waals surface area contributed by atoms with Crippen LogP contribution >= 0.6 is 0 Å². The van der Waals surface area contributed by atoms with E-state index in [0.717, 1.165) is 83.0 Å². The minimum Gasteiger partial charge on any atom is -0.454 e. The average Bonchev–Trinajstić information content (AvgIpc) is 3.79. The molecule has 0 unspecified atom stereocenters. The Morgan fingerprint density at radius 3 is 1.62 bits per heavy atom. The second-order valence-corrected chi connectivity index (χ2v) is 11.0. The highest BCUT2D eigenvalue weighted by atomic mass is 16.3. The number of aromatic nitrogens is 4. The molecule has 0 N–H and O–H groups in total. The lowest BCUT2D eigenvalue weighted by atomic mass is 9.91. The van der Waals surface area contributed by atoms with E-state index < -0.39 is 0 Å². The Hall–Kier alpha value is -6.34. The van der Waals surface area contributed by atoms with Crippen molar-refractivity contribution < 1.29 is 13.3 Å². The smallest absolute Gasteiger partial charge is 0.163 e. The van der Waals surface area contributed by atoms with Crippen LogP contribution in [0, 0.1) is 0 Å². The normalized spacial score (nSPS) is 12.0. The molecule has 0 amide bonds. The molecule has 10 aromatic rings. The second kappa shape index (κ2) is 9.08. The van der Waals surface area contributed by atoms with Crippen LogP contribution < -0.4 is 0 Å². The third-order valence-corrected chi connectivity index (χ3v) is 8.54. The summed E-state index contributed by atoms with van der Waals surface area (Å²) in [6.07, 6.45) is 7.24. The largest absolute Gasteiger partial charge is 0.454 e. The molecule has 0 atom stereocenters. The Kier molecular flexibility index (Phi) is 4.87. The predicted molar refractivity (Wildman–Crippen MR) is 176 cm³/mol. The third kappa shape index (κ3) is 3.46. The first-order valence-corrected chi connectivity index (χ1v) is 14.6. The van der Waals surface area contributed by atoms with Gasteiger partial charge in [0.25, 0.3) is 0 Å². The van der Waals surface area contributed by atoms with Gasteiger partial charge < -0.3 is 13.3 Å². The summed E-state index contributed by atoms with van der Waals surface area (Å²) in [5.74, 6) is 0. The van der Waals surface area contributed by atoms with Gasteiger partial charge >= 0.3 is 0 Å². The van der Waals surface area contributed by atoms with Crippen molar-refractivity contribution in [2.75, 3.05) is 0 Å². The van der Waals surface area contributed by atoms with Crippen LogP contribution in [0.4, 0.5) is 0 Å². The van der Waals surface area contributed by atoms with Gasteiger partial charge in [-0.25, -0.2) is 0 Å². The van der Waals surface area contributed by atoms with Crippen molar-refractivity contribution in [3.63, 3.8) is 0 Å². The van der Waals surface area contributed by atoms with E-state index in [1.807, 2.05) is 97.5 Å². The van der Waals surface area contributed by atoms with E-state index in [-0.39, 0.29) is 0 Å². The molecular weight excluding hydrogens is 560 g/mol. The maximum atomic E-state index is 6.44. The molecule has 0 aliphatic carbocycles. The number of hydrogen-bond donors (Lipinski definition) is 0. The predicted octanol–water partition coefficient (Wildman–Crippen LogP) is 9.97. The van der Waals surface area contributed by atoms with Crippen LogP contribution in [0.5, 0.6) is 0 Å². The number of hydrogen-bond acceptors (Lipinski definition) is 7. The van der Waals surface area contributed by atoms with Gasteiger partial charge in [0.15, 0.2) is 22.3 Å². The maximum absolute atomic E-state index is 6.44. The van der Waals surface area contributed by atoms with E-state index in [2.05, 4.69) is 33.2 Å². The zero-order valence-corrected chi connectivity index (χ0v) is 23.6. The summed E-state index contributed by atoms with van der Waals surface area (Å²) in [6.45, 7) is 0. The Morgan fingerprint density at radius 2 is 0.889 bits per heavy atom. The Labute approximate surface area is 254 Å². The van der Waals surface area contributed by atoms with E-state index >= 15 is 0 Å². The molecule has 0 saturated heterocycles. The fourth-order valence-corrected chi connectivity index (χ4v) is 6.51. The molecule has 7 aromatic heterocycles. The molecule has 7 heterocycles. The molecule has 0 radical (unpaired) electrons. The van der Waals surface area contributed by atoms with Crippen molar-refractivity contribution in [1.82, 2.24) is 19.9 Å². The van der Waals surface area contributed by atoms with Crippen molar-refractivity contribution >= 4 is 66.3 Å². The molecule has 0 saturated carbocycles. The van der Waals surface area contributed by atoms with Crippen LogP contribution in [-0.4, -0.2) is 19.9 Å². The van der Waals surface area contributed by atoms with E-state index in [4.69, 9.17) is 18.2 Å². The molecule has 0 bridgehead atoms. The molecule has 7 nitrogen and oxygen atoms in total. The van der Waals surface area contributed by atoms with Gasteiger partial charge in [0.2, 0.25) is 0 Å². The van der Waals surface area contributed by atoms with Crippen LogP contribution in [-0.2, 0) is 0 Å². The van der Waals surface area contributed by atoms with Crippen LogP contribution in [0.3, 0.4) is 0 Å². The molecule has 0 aliphatic heterocycles. The summed E-state index contributed by atoms with van der Waals surface area (Å²) in [4.78, 5) is 18.6. The summed E-state index contributed by atoms with van der Waals surface area (Å²) < 4.78 is 19.2. The summed E-state index contributed by atoms with van der Waals surface area (Å²) in [5, 5.41) is 1.96. The highest BCUT2D eigenvalue weighted by molar-refractivity contribution is 6.12. The Balaban J connectivity index is 1.29. The summed E-state index contributed by atoms with van der Waals surface area (Å²) in [5.41, 5.74) is 13.2. The highest BCUT2D eigenvalue weighted by Gasteiger charge is 2.22. The number of pyridine rings is 4. The number of benzene rings is 3. The van der Waals surface area contributed by atoms with Crippen molar-refractivity contribution in [2.24, 2.45) is 0 Å². The SMILES string of the molecule is c1ccc2c(c1)oc1c(-c3ccc(-c4ccnc5c4oc4ccccc45)c(-c4ccnc5c4oc4cccnc45)c3)ccnc12. The summed E-state index contributed by atoms with van der Waals surface area (Å²) in [6, 6.07) is 32.2. The quantitative estimate of drug-likeness (QED) is 0.205. The van der Waals surface area contributed by atoms with Crippen molar-refractivity contribution in [2.45, 2.75) is 0 Å². The van der Waals surface area contributed by atoms with Crippen LogP contribution in [0.15, 0.2) is 135 Å². The summed E-state index contributed by atoms with van der Waals surface area (Å²) >= 11 is 0. The molecule has 7 heteroatoms. The standard InChI is InChI=1S/C38H20N4O3/c1-3-8-29-26(6-1)32-36(43-29)22(13-17-40-32)21-11-12-23(24-14-18-41-33-27-7-2-4-9-30(27)44-37(24)33)28(20-21)25-15-19-42-35-34-31(45-38(25)35)10-5-16-39-34/h1-20H. The lowest BCUT2D eigenvalue weighted by molar-refractivity contribution is 0.668. The minimum atomic E-state index is 0.670. The van der Waals surface area contributed by atoms with Gasteiger partial charge in [-0.15, -0.1) is 0 Å². The zero-order valence-electron chi connectivity index (χ0n) is 23.6. The van der Waals surface area contributed by atoms with Crippen LogP contribution in [0.2, 0.25) is 0 Å². The first-order chi connectivity index (χ1) is 22.3. The second-order valence-electron chi connectivity index (χ2n) is 11.0. The molecule has 0 aliphatic rings. The number of rotatable bonds is 3. The van der Waals surface area contributed by atoms with Crippen molar-refractivity contribution in [3.05, 3.63) is 122 Å². The molecular formula is C38H20N4O3. The van der Waals surface area contributed by atoms with Gasteiger partial charge in [-0.3, -0.25) is 19.9 Å². The zero-order chi connectivity index (χ0) is 29.5. The van der Waals surface area contributed by atoms with Gasteiger partial charge in [0.05, 0.1) is 0 Å². The van der Waals surface area contributed by atoms with Gasteiger partial charge in [0.1, 0.15) is 33.2 Å². The lowest BCUT2D eigenvalue weighted by Crippen LogP contribution is -1.91. The topological polar surface area (TPSA) is 91.0 Å². The maximum Gasteiger partial charge on any atom is 0.163 e. The van der Waals surface area contributed by atoms with Crippen molar-refractivity contribution in [1.29, 1.82) is 0 Å². The lowest BCUT2D eigenvalue weighted by Gasteiger charge is -2.14. The number of furan rings is 3. The van der Waals surface area contributed by atoms with E-state index in [1.165, 1.54) is 0 Å². The Bertz CT molecular complexity index is 2790. The monoisotopic (exact) mass is 580 g/mol. The van der Waals surface area contributed by atoms with Crippen molar-refractivity contribution in [3.8, 4) is 33.4 Å². The van der Waals surface area contributed by atoms with Gasteiger partial charge in [-0.1, -0.05) is 36.4 Å². The first kappa shape index (κ1) is 24.1. The van der Waals surface area contributed by atoms with Gasteiger partial charge in [-0.05, 0) is 77.4 Å². The first-order valence-electron chi connectivity index (χ1n) is 14.6. The van der Waals surface area contributed by atoms with Gasteiger partial charge in [0, 0.05) is 52.3 Å². The summed E-state index contributed by atoms with van der Waals surface area (Å²) in [7, 11) is 0. The van der Waals surface area contributed by atoms with Crippen LogP contribution in [0.1, 0.15) is 0 Å². The molecule has 10 rings (SSSR count). The van der Waals surface area contributed by atoms with E-state index in [9.17, 15) is 0 Å². The number of nitrogens with zero attached hydrogens (tertiary/aromatic N) is 4. The third-order valence-electron chi connectivity index (χ3n) is 8.54. The minimum absolute atomic E-state index is 0.670. The molecule has 210 valence electrons.